The number of pyridine rings is 1. The van der Waals surface area contributed by atoms with Gasteiger partial charge in [0.15, 0.2) is 0 Å². The van der Waals surface area contributed by atoms with Gasteiger partial charge in [-0.05, 0) is 116 Å². The van der Waals surface area contributed by atoms with E-state index in [1.54, 1.807) is 26.2 Å². The molecule has 74 heavy (non-hydrogen) atoms. The Balaban J connectivity index is 0.849. The molecule has 6 aromatic rings. The lowest BCUT2D eigenvalue weighted by Crippen LogP contribution is -2.68. The second kappa shape index (κ2) is 20.4. The number of benzene rings is 4. The number of halogens is 2. The molecule has 2 saturated carbocycles. The third-order valence-electron chi connectivity index (χ3n) is 15.7. The van der Waals surface area contributed by atoms with E-state index in [0.29, 0.717) is 47.8 Å². The van der Waals surface area contributed by atoms with Crippen LogP contribution in [-0.4, -0.2) is 102 Å². The molecule has 2 aromatic heterocycles. The number of carbonyl (C=O) groups excluding carboxylic acids is 1. The van der Waals surface area contributed by atoms with Crippen molar-refractivity contribution >= 4 is 55.6 Å². The average molecular weight is 1050 g/mol. The molecule has 16 nitrogen and oxygen atoms in total. The Hall–Kier alpha value is -6.31. The number of hydrogen-bond donors (Lipinski definition) is 4. The number of aliphatic hydroxyl groups is 1. The van der Waals surface area contributed by atoms with Gasteiger partial charge in [-0.1, -0.05) is 55.8 Å². The summed E-state index contributed by atoms with van der Waals surface area (Å²) in [6, 6.07) is 25.2. The Morgan fingerprint density at radius 3 is 2.54 bits per heavy atom. The van der Waals surface area contributed by atoms with Crippen molar-refractivity contribution in [2.24, 2.45) is 11.3 Å². The maximum Gasteiger partial charge on any atom is 0.293 e. The van der Waals surface area contributed by atoms with E-state index in [0.717, 1.165) is 82.3 Å². The minimum absolute atomic E-state index is 0.0102. The first kappa shape index (κ1) is 51.2. The fourth-order valence-electron chi connectivity index (χ4n) is 11.6. The van der Waals surface area contributed by atoms with Crippen molar-refractivity contribution in [3.63, 3.8) is 0 Å². The van der Waals surface area contributed by atoms with Gasteiger partial charge in [-0.3, -0.25) is 24.7 Å². The van der Waals surface area contributed by atoms with E-state index in [4.69, 9.17) is 21.1 Å². The van der Waals surface area contributed by atoms with Crippen molar-refractivity contribution in [2.75, 3.05) is 56.6 Å². The van der Waals surface area contributed by atoms with Crippen molar-refractivity contribution < 1.29 is 37.1 Å². The number of amides is 1. The van der Waals surface area contributed by atoms with E-state index in [1.165, 1.54) is 47.8 Å². The number of sulfonamides is 1. The monoisotopic (exact) mass is 1050 g/mol. The highest BCUT2D eigenvalue weighted by Gasteiger charge is 2.55. The topological polar surface area (TPSA) is 195 Å². The summed E-state index contributed by atoms with van der Waals surface area (Å²) in [5.74, 6) is -0.240. The van der Waals surface area contributed by atoms with E-state index in [9.17, 15) is 32.8 Å². The zero-order valence-electron chi connectivity index (χ0n) is 41.9. The van der Waals surface area contributed by atoms with Gasteiger partial charge in [0.1, 0.15) is 34.4 Å². The number of fused-ring (bicyclic) bond motifs is 1. The summed E-state index contributed by atoms with van der Waals surface area (Å²) in [6.07, 6.45) is 7.31. The number of nitrogens with zero attached hydrogens (tertiary/aromatic N) is 5. The van der Waals surface area contributed by atoms with E-state index in [-0.39, 0.29) is 45.5 Å². The van der Waals surface area contributed by atoms with Crippen LogP contribution < -0.4 is 24.4 Å². The molecule has 1 amide bonds. The maximum atomic E-state index is 14.7. The van der Waals surface area contributed by atoms with Crippen molar-refractivity contribution in [2.45, 2.75) is 94.3 Å². The second-order valence-electron chi connectivity index (χ2n) is 21.3. The molecule has 2 saturated heterocycles. The van der Waals surface area contributed by atoms with Crippen LogP contribution in [0.25, 0.3) is 11.0 Å². The zero-order valence-corrected chi connectivity index (χ0v) is 43.5. The summed E-state index contributed by atoms with van der Waals surface area (Å²) >= 11 is 6.38. The van der Waals surface area contributed by atoms with Crippen molar-refractivity contribution in [3.05, 3.63) is 141 Å². The third-order valence-corrected chi connectivity index (χ3v) is 17.3. The van der Waals surface area contributed by atoms with E-state index in [1.807, 2.05) is 12.1 Å². The van der Waals surface area contributed by atoms with Crippen LogP contribution in [0.1, 0.15) is 98.3 Å². The smallest absolute Gasteiger partial charge is 0.293 e. The van der Waals surface area contributed by atoms with Crippen LogP contribution in [0, 0.1) is 27.3 Å². The molecule has 4 N–H and O–H groups in total. The largest absolute Gasteiger partial charge is 0.495 e. The van der Waals surface area contributed by atoms with Crippen LogP contribution in [0.15, 0.2) is 102 Å². The molecule has 1 spiro atoms. The van der Waals surface area contributed by atoms with Crippen LogP contribution in [0.5, 0.6) is 17.2 Å². The average Bonchev–Trinajstić information content (AvgIpc) is 3.74. The van der Waals surface area contributed by atoms with Gasteiger partial charge in [0, 0.05) is 87.3 Å². The summed E-state index contributed by atoms with van der Waals surface area (Å²) in [5, 5.41) is 26.4. The predicted molar refractivity (Wildman–Crippen MR) is 282 cm³/mol. The minimum Gasteiger partial charge on any atom is -0.495 e. The molecule has 10 rings (SSSR count). The lowest BCUT2D eigenvalue weighted by atomic mass is 9.59. The fraction of sp³-hybridized carbons (Fsp3) is 0.418. The molecule has 2 aliphatic heterocycles. The summed E-state index contributed by atoms with van der Waals surface area (Å²) in [4.78, 5) is 39.6. The lowest BCUT2D eigenvalue weighted by molar-refractivity contribution is -0.384. The van der Waals surface area contributed by atoms with Crippen LogP contribution in [0.3, 0.4) is 0 Å². The number of hydrogen-bond acceptors (Lipinski definition) is 13. The fourth-order valence-corrected chi connectivity index (χ4v) is 12.8. The minimum atomic E-state index is -4.65. The highest BCUT2D eigenvalue weighted by atomic mass is 35.5. The molecule has 4 fully saturated rings. The van der Waals surface area contributed by atoms with Gasteiger partial charge in [-0.2, -0.15) is 0 Å². The Labute approximate surface area is 435 Å². The first-order valence-corrected chi connectivity index (χ1v) is 27.1. The molecule has 0 bridgehead atoms. The number of H-pyrrole nitrogens is 1. The summed E-state index contributed by atoms with van der Waals surface area (Å²) in [7, 11) is -3.01. The van der Waals surface area contributed by atoms with Gasteiger partial charge < -0.3 is 29.8 Å². The third kappa shape index (κ3) is 10.6. The molecule has 390 valence electrons. The van der Waals surface area contributed by atoms with Crippen LogP contribution in [0.2, 0.25) is 5.02 Å². The highest BCUT2D eigenvalue weighted by Crippen LogP contribution is 2.54. The molecule has 4 heterocycles. The van der Waals surface area contributed by atoms with Gasteiger partial charge >= 0.3 is 0 Å². The molecule has 2 aliphatic carbocycles. The Morgan fingerprint density at radius 2 is 1.80 bits per heavy atom. The number of piperazine rings is 1. The van der Waals surface area contributed by atoms with Crippen LogP contribution in [0.4, 0.5) is 21.5 Å². The quantitative estimate of drug-likeness (QED) is 0.0529. The molecule has 4 aliphatic rings. The maximum absolute atomic E-state index is 14.7. The SMILES string of the molecule is COc1cc(CN2CCN(C3CC4(C3)CN(c3ccc(C(=O)NS(=O)(=O)c5ccc(NC[C@H]6CC[C@](C)(O)CC6)c([N+](=O)[O-])c5)c(Oc5cnc6[nH]cc(F)c6c5)c3)C4)[C@H](c3ccccc3C(C)C)C2)ccc1Cl. The van der Waals surface area contributed by atoms with Gasteiger partial charge in [-0.25, -0.2) is 22.5 Å². The summed E-state index contributed by atoms with van der Waals surface area (Å²) in [5.41, 5.74) is 3.82. The number of nitrogens with one attached hydrogen (secondary N) is 3. The number of aromatic nitrogens is 2. The van der Waals surface area contributed by atoms with E-state index in [2.05, 4.69) is 78.9 Å². The predicted octanol–water partition coefficient (Wildman–Crippen LogP) is 10.2. The van der Waals surface area contributed by atoms with Crippen LogP contribution >= 0.6 is 11.6 Å². The molecule has 0 unspecified atom stereocenters. The Bertz CT molecular complexity index is 3200. The summed E-state index contributed by atoms with van der Waals surface area (Å²) in [6.45, 7) is 11.7. The number of rotatable bonds is 16. The highest BCUT2D eigenvalue weighted by molar-refractivity contribution is 7.90. The number of aromatic amines is 1. The number of ether oxygens (including phenoxy) is 2. The zero-order chi connectivity index (χ0) is 52.1. The molecule has 19 heteroatoms. The van der Waals surface area contributed by atoms with E-state index < -0.39 is 42.9 Å². The normalized spacial score (nSPS) is 21.3. The lowest BCUT2D eigenvalue weighted by Gasteiger charge is -2.63. The van der Waals surface area contributed by atoms with Gasteiger partial charge in [-0.15, -0.1) is 0 Å². The van der Waals surface area contributed by atoms with Crippen molar-refractivity contribution in [1.82, 2.24) is 24.5 Å². The van der Waals surface area contributed by atoms with Gasteiger partial charge in [0.05, 0.1) is 44.7 Å². The first-order valence-electron chi connectivity index (χ1n) is 25.3. The van der Waals surface area contributed by atoms with Crippen molar-refractivity contribution in [3.8, 4) is 17.2 Å². The van der Waals surface area contributed by atoms with E-state index >= 15 is 0 Å². The summed E-state index contributed by atoms with van der Waals surface area (Å²) < 4.78 is 56.3. The van der Waals surface area contributed by atoms with Crippen LogP contribution in [-0.2, 0) is 16.6 Å². The molecule has 4 aromatic carbocycles. The second-order valence-corrected chi connectivity index (χ2v) is 23.4. The number of nitro benzene ring substituents is 1. The Kier molecular flexibility index (Phi) is 14.1. The number of methoxy groups -OCH3 is 1. The molecule has 0 radical (unpaired) electrons. The molecule has 1 atom stereocenters. The molecular formula is C55H62ClFN8O8S. The number of carbonyl (C=O) groups is 1. The van der Waals surface area contributed by atoms with Gasteiger partial charge in [0.2, 0.25) is 0 Å². The van der Waals surface area contributed by atoms with Gasteiger partial charge in [0.25, 0.3) is 21.6 Å². The molecular weight excluding hydrogens is 987 g/mol. The number of nitro groups is 1. The Morgan fingerprint density at radius 1 is 1.03 bits per heavy atom. The number of anilines is 2. The standard InChI is InChI=1S/C55H62ClFN8O8S/c1-34(2)41-7-5-6-8-42(41)49-31-62(30-36-9-13-45(56)51(21-36)72-4)19-20-64(49)38-25-55(26-38)32-63(33-55)37-10-12-43(50(22-37)73-39-23-44-46(57)29-60-52(44)59-28-39)53(66)61-74(70,71)40-11-14-47(48(24-40)65(68)69)58-27-35-15-17-54(3,67)18-16-35/h5-14,21-24,28-29,34-35,38,49,58,67H,15-20,25-27,30-33H2,1-4H3,(H,59,60)(H,61,66)/t35-,49-,54-/m0/s1. The first-order chi connectivity index (χ1) is 35.4. The van der Waals surface area contributed by atoms with Crippen molar-refractivity contribution in [1.29, 1.82) is 0 Å².